The summed E-state index contributed by atoms with van der Waals surface area (Å²) in [5, 5.41) is 11.8. The molecule has 0 saturated carbocycles. The van der Waals surface area contributed by atoms with E-state index in [2.05, 4.69) is 5.32 Å². The van der Waals surface area contributed by atoms with Crippen LogP contribution in [0, 0.1) is 0 Å². The highest BCUT2D eigenvalue weighted by Crippen LogP contribution is 2.24. The van der Waals surface area contributed by atoms with E-state index in [-0.39, 0.29) is 11.2 Å². The number of aliphatic hydroxyl groups excluding tert-OH is 1. The van der Waals surface area contributed by atoms with Crippen LogP contribution in [0.1, 0.15) is 26.2 Å². The molecule has 1 saturated heterocycles. The summed E-state index contributed by atoms with van der Waals surface area (Å²) in [5.41, 5.74) is 0. The van der Waals surface area contributed by atoms with Crippen molar-refractivity contribution in [3.8, 4) is 0 Å². The molecule has 0 spiro atoms. The molecule has 2 N–H and O–H groups in total. The molecule has 13 heavy (non-hydrogen) atoms. The summed E-state index contributed by atoms with van der Waals surface area (Å²) in [6.45, 7) is 2.05. The standard InChI is InChI=1S/C9H17NO2S/c1-7(11)6-10-9(12)8-4-2-3-5-13-8/h7-8,11H,2-6H2,1H3,(H,10,12)/t7-,8?/m0/s1. The number of hydrogen-bond donors (Lipinski definition) is 2. The van der Waals surface area contributed by atoms with Crippen molar-refractivity contribution >= 4 is 17.7 Å². The van der Waals surface area contributed by atoms with E-state index in [0.717, 1.165) is 18.6 Å². The minimum absolute atomic E-state index is 0.0885. The fraction of sp³-hybridized carbons (Fsp3) is 0.889. The van der Waals surface area contributed by atoms with E-state index in [1.54, 1.807) is 18.7 Å². The third-order valence-electron chi connectivity index (χ3n) is 2.04. The Morgan fingerprint density at radius 2 is 2.46 bits per heavy atom. The van der Waals surface area contributed by atoms with Gasteiger partial charge in [0.2, 0.25) is 5.91 Å². The average molecular weight is 203 g/mol. The van der Waals surface area contributed by atoms with Gasteiger partial charge in [0, 0.05) is 6.54 Å². The normalized spacial score (nSPS) is 25.2. The maximum absolute atomic E-state index is 11.5. The monoisotopic (exact) mass is 203 g/mol. The van der Waals surface area contributed by atoms with Gasteiger partial charge in [0.1, 0.15) is 0 Å². The second kappa shape index (κ2) is 5.50. The van der Waals surface area contributed by atoms with Gasteiger partial charge in [-0.3, -0.25) is 4.79 Å². The zero-order valence-corrected chi connectivity index (χ0v) is 8.77. The van der Waals surface area contributed by atoms with Crippen molar-refractivity contribution in [3.05, 3.63) is 0 Å². The van der Waals surface area contributed by atoms with Gasteiger partial charge in [0.05, 0.1) is 11.4 Å². The van der Waals surface area contributed by atoms with Crippen LogP contribution in [0.4, 0.5) is 0 Å². The maximum atomic E-state index is 11.5. The van der Waals surface area contributed by atoms with Crippen LogP contribution < -0.4 is 5.32 Å². The summed E-state index contributed by atoms with van der Waals surface area (Å²) in [4.78, 5) is 11.5. The molecule has 4 heteroatoms. The van der Waals surface area contributed by atoms with Gasteiger partial charge in [0.15, 0.2) is 0 Å². The third-order valence-corrected chi connectivity index (χ3v) is 3.42. The Morgan fingerprint density at radius 1 is 1.69 bits per heavy atom. The molecule has 0 aromatic heterocycles. The second-order valence-electron chi connectivity index (χ2n) is 3.45. The van der Waals surface area contributed by atoms with Crippen molar-refractivity contribution in [1.82, 2.24) is 5.32 Å². The van der Waals surface area contributed by atoms with Crippen LogP contribution in [0.2, 0.25) is 0 Å². The number of rotatable bonds is 3. The number of aliphatic hydroxyl groups is 1. The molecule has 0 aliphatic carbocycles. The topological polar surface area (TPSA) is 49.3 Å². The zero-order chi connectivity index (χ0) is 9.68. The Kier molecular flexibility index (Phi) is 4.59. The molecule has 1 amide bonds. The van der Waals surface area contributed by atoms with Crippen molar-refractivity contribution in [2.24, 2.45) is 0 Å². The van der Waals surface area contributed by atoms with Crippen LogP contribution in [-0.2, 0) is 4.79 Å². The van der Waals surface area contributed by atoms with Crippen LogP contribution in [0.5, 0.6) is 0 Å². The van der Waals surface area contributed by atoms with Crippen molar-refractivity contribution in [2.45, 2.75) is 37.5 Å². The van der Waals surface area contributed by atoms with Crippen molar-refractivity contribution in [3.63, 3.8) is 0 Å². The third kappa shape index (κ3) is 4.00. The van der Waals surface area contributed by atoms with Crippen molar-refractivity contribution in [2.75, 3.05) is 12.3 Å². The first-order chi connectivity index (χ1) is 6.20. The summed E-state index contributed by atoms with van der Waals surface area (Å²) in [6, 6.07) is 0. The largest absolute Gasteiger partial charge is 0.392 e. The molecule has 0 aromatic rings. The lowest BCUT2D eigenvalue weighted by atomic mass is 10.2. The lowest BCUT2D eigenvalue weighted by Gasteiger charge is -2.20. The number of carbonyl (C=O) groups excluding carboxylic acids is 1. The fourth-order valence-electron chi connectivity index (χ4n) is 1.31. The van der Waals surface area contributed by atoms with E-state index in [1.807, 2.05) is 0 Å². The summed E-state index contributed by atoms with van der Waals surface area (Å²) in [5.74, 6) is 1.18. The minimum Gasteiger partial charge on any atom is -0.392 e. The zero-order valence-electron chi connectivity index (χ0n) is 7.95. The predicted octanol–water partition coefficient (Wildman–Crippen LogP) is 0.769. The summed E-state index contributed by atoms with van der Waals surface area (Å²) < 4.78 is 0. The fourth-order valence-corrected chi connectivity index (χ4v) is 2.53. The van der Waals surface area contributed by atoms with E-state index < -0.39 is 6.10 Å². The minimum atomic E-state index is -0.447. The number of nitrogens with one attached hydrogen (secondary N) is 1. The first-order valence-electron chi connectivity index (χ1n) is 4.77. The SMILES string of the molecule is C[C@H](O)CNC(=O)C1CCCCS1. The summed E-state index contributed by atoms with van der Waals surface area (Å²) >= 11 is 1.73. The molecule has 0 radical (unpaired) electrons. The first-order valence-corrected chi connectivity index (χ1v) is 5.82. The predicted molar refractivity (Wildman–Crippen MR) is 54.8 cm³/mol. The Balaban J connectivity index is 2.21. The molecular formula is C9H17NO2S. The number of carbonyl (C=O) groups is 1. The molecule has 1 rings (SSSR count). The number of thioether (sulfide) groups is 1. The van der Waals surface area contributed by atoms with Gasteiger partial charge in [-0.2, -0.15) is 0 Å². The van der Waals surface area contributed by atoms with Gasteiger partial charge < -0.3 is 10.4 Å². The van der Waals surface area contributed by atoms with Gasteiger partial charge in [-0.05, 0) is 25.5 Å². The van der Waals surface area contributed by atoms with Crippen LogP contribution in [0.25, 0.3) is 0 Å². The highest BCUT2D eigenvalue weighted by atomic mass is 32.2. The van der Waals surface area contributed by atoms with Crippen LogP contribution >= 0.6 is 11.8 Å². The molecule has 1 aliphatic rings. The first kappa shape index (κ1) is 10.9. The van der Waals surface area contributed by atoms with Gasteiger partial charge >= 0.3 is 0 Å². The molecule has 1 aliphatic heterocycles. The van der Waals surface area contributed by atoms with Gasteiger partial charge in [-0.1, -0.05) is 6.42 Å². The molecule has 3 nitrogen and oxygen atoms in total. The molecule has 0 aromatic carbocycles. The maximum Gasteiger partial charge on any atom is 0.233 e. The van der Waals surface area contributed by atoms with Crippen molar-refractivity contribution < 1.29 is 9.90 Å². The van der Waals surface area contributed by atoms with E-state index in [0.29, 0.717) is 6.54 Å². The molecule has 1 unspecified atom stereocenters. The van der Waals surface area contributed by atoms with E-state index >= 15 is 0 Å². The lowest BCUT2D eigenvalue weighted by molar-refractivity contribution is -0.121. The molecule has 0 bridgehead atoms. The van der Waals surface area contributed by atoms with Crippen LogP contribution in [0.15, 0.2) is 0 Å². The smallest absolute Gasteiger partial charge is 0.233 e. The van der Waals surface area contributed by atoms with E-state index in [4.69, 9.17) is 5.11 Å². The Labute approximate surface area is 83.3 Å². The molecule has 1 heterocycles. The van der Waals surface area contributed by atoms with E-state index in [1.165, 1.54) is 6.42 Å². The Bertz CT molecular complexity index is 167. The number of hydrogen-bond acceptors (Lipinski definition) is 3. The summed E-state index contributed by atoms with van der Waals surface area (Å²) in [7, 11) is 0. The highest BCUT2D eigenvalue weighted by Gasteiger charge is 2.21. The van der Waals surface area contributed by atoms with Gasteiger partial charge in [0.25, 0.3) is 0 Å². The molecule has 76 valence electrons. The van der Waals surface area contributed by atoms with Crippen LogP contribution in [-0.4, -0.2) is 34.7 Å². The van der Waals surface area contributed by atoms with Gasteiger partial charge in [-0.15, -0.1) is 11.8 Å². The van der Waals surface area contributed by atoms with E-state index in [9.17, 15) is 4.79 Å². The average Bonchev–Trinajstić information content (AvgIpc) is 2.15. The Hall–Kier alpha value is -0.220. The summed E-state index contributed by atoms with van der Waals surface area (Å²) in [6.07, 6.45) is 2.92. The quantitative estimate of drug-likeness (QED) is 0.712. The molecular weight excluding hydrogens is 186 g/mol. The number of amides is 1. The molecule has 1 fully saturated rings. The highest BCUT2D eigenvalue weighted by molar-refractivity contribution is 8.00. The van der Waals surface area contributed by atoms with Gasteiger partial charge in [-0.25, -0.2) is 0 Å². The van der Waals surface area contributed by atoms with Crippen LogP contribution in [0.3, 0.4) is 0 Å². The lowest BCUT2D eigenvalue weighted by Crippen LogP contribution is -2.37. The molecule has 2 atom stereocenters. The Morgan fingerprint density at radius 3 is 3.00 bits per heavy atom. The van der Waals surface area contributed by atoms with Crippen molar-refractivity contribution in [1.29, 1.82) is 0 Å². The second-order valence-corrected chi connectivity index (χ2v) is 4.76.